The zero-order chi connectivity index (χ0) is 23.2. The molecule has 2 aromatic carbocycles. The van der Waals surface area contributed by atoms with E-state index >= 15 is 0 Å². The first kappa shape index (κ1) is 25.0. The first-order valence-corrected chi connectivity index (χ1v) is 11.0. The fourth-order valence-electron chi connectivity index (χ4n) is 3.04. The average molecular weight is 465 g/mol. The molecule has 1 N–H and O–H groups in total. The molecular formula is C24H30Cl2N2O3. The van der Waals surface area contributed by atoms with E-state index in [0.29, 0.717) is 27.9 Å². The lowest BCUT2D eigenvalue weighted by atomic mass is 9.87. The van der Waals surface area contributed by atoms with Crippen molar-refractivity contribution in [3.63, 3.8) is 0 Å². The molecule has 7 heteroatoms. The third-order valence-electron chi connectivity index (χ3n) is 4.99. The predicted molar refractivity (Wildman–Crippen MR) is 126 cm³/mol. The number of likely N-dealkylation sites (N-methyl/N-ethyl adjacent to an activating group) is 1. The molecule has 0 spiro atoms. The van der Waals surface area contributed by atoms with Crippen molar-refractivity contribution < 1.29 is 14.3 Å². The minimum atomic E-state index is -0.716. The van der Waals surface area contributed by atoms with E-state index in [1.807, 2.05) is 31.2 Å². The van der Waals surface area contributed by atoms with Crippen molar-refractivity contribution in [1.29, 1.82) is 0 Å². The van der Waals surface area contributed by atoms with Crippen molar-refractivity contribution >= 4 is 35.0 Å². The second-order valence-electron chi connectivity index (χ2n) is 8.36. The molecule has 0 aromatic heterocycles. The van der Waals surface area contributed by atoms with Crippen LogP contribution >= 0.6 is 23.2 Å². The summed E-state index contributed by atoms with van der Waals surface area (Å²) in [6.07, 6.45) is 0. The zero-order valence-electron chi connectivity index (χ0n) is 18.7. The summed E-state index contributed by atoms with van der Waals surface area (Å²) in [5.74, 6) is -0.00840. The summed E-state index contributed by atoms with van der Waals surface area (Å²) in [6, 6.07) is 12.1. The van der Waals surface area contributed by atoms with Crippen LogP contribution in [0.5, 0.6) is 5.75 Å². The fourth-order valence-corrected chi connectivity index (χ4v) is 3.55. The third kappa shape index (κ3) is 6.88. The lowest BCUT2D eigenvalue weighted by Crippen LogP contribution is -2.49. The highest BCUT2D eigenvalue weighted by Crippen LogP contribution is 2.27. The van der Waals surface area contributed by atoms with Gasteiger partial charge in [0.1, 0.15) is 11.8 Å². The average Bonchev–Trinajstić information content (AvgIpc) is 2.71. The van der Waals surface area contributed by atoms with Crippen LogP contribution in [-0.4, -0.2) is 35.9 Å². The second-order valence-corrected chi connectivity index (χ2v) is 9.17. The van der Waals surface area contributed by atoms with Crippen molar-refractivity contribution in [3.8, 4) is 5.75 Å². The van der Waals surface area contributed by atoms with Gasteiger partial charge < -0.3 is 15.0 Å². The molecule has 2 aromatic rings. The number of benzene rings is 2. The Bertz CT molecular complexity index is 888. The van der Waals surface area contributed by atoms with Gasteiger partial charge in [-0.15, -0.1) is 0 Å². The van der Waals surface area contributed by atoms with E-state index in [-0.39, 0.29) is 30.4 Å². The van der Waals surface area contributed by atoms with Gasteiger partial charge in [-0.1, -0.05) is 62.2 Å². The number of amides is 2. The van der Waals surface area contributed by atoms with E-state index in [1.165, 1.54) is 10.5 Å². The van der Waals surface area contributed by atoms with Crippen LogP contribution in [0.15, 0.2) is 42.5 Å². The molecule has 0 aliphatic carbocycles. The normalized spacial score (nSPS) is 12.2. The van der Waals surface area contributed by atoms with Crippen LogP contribution in [-0.2, 0) is 21.5 Å². The Labute approximate surface area is 194 Å². The maximum absolute atomic E-state index is 13.1. The van der Waals surface area contributed by atoms with Crippen LogP contribution in [0.25, 0.3) is 0 Å². The summed E-state index contributed by atoms with van der Waals surface area (Å²) in [5.41, 5.74) is 1.79. The van der Waals surface area contributed by atoms with E-state index < -0.39 is 6.04 Å². The maximum Gasteiger partial charge on any atom is 0.261 e. The van der Waals surface area contributed by atoms with Gasteiger partial charge in [0.15, 0.2) is 6.61 Å². The number of halogens is 2. The second kappa shape index (κ2) is 10.9. The number of hydrogen-bond donors (Lipinski definition) is 1. The van der Waals surface area contributed by atoms with Crippen molar-refractivity contribution in [1.82, 2.24) is 10.2 Å². The monoisotopic (exact) mass is 464 g/mol. The van der Waals surface area contributed by atoms with E-state index in [1.54, 1.807) is 25.1 Å². The predicted octanol–water partition coefficient (Wildman–Crippen LogP) is 5.22. The topological polar surface area (TPSA) is 58.6 Å². The number of carbonyl (C=O) groups is 2. The Hall–Kier alpha value is -2.24. The largest absolute Gasteiger partial charge is 0.484 e. The minimum Gasteiger partial charge on any atom is -0.484 e. The number of nitrogens with one attached hydrogen (secondary N) is 1. The maximum atomic E-state index is 13.1. The molecule has 0 fully saturated rings. The van der Waals surface area contributed by atoms with Gasteiger partial charge in [-0.25, -0.2) is 0 Å². The highest BCUT2D eigenvalue weighted by atomic mass is 35.5. The highest BCUT2D eigenvalue weighted by molar-refractivity contribution is 6.36. The first-order valence-electron chi connectivity index (χ1n) is 10.3. The number of ether oxygens (including phenoxy) is 1. The molecule has 0 aliphatic heterocycles. The van der Waals surface area contributed by atoms with Gasteiger partial charge in [-0.05, 0) is 49.1 Å². The Morgan fingerprint density at radius 1 is 1.06 bits per heavy atom. The van der Waals surface area contributed by atoms with Crippen molar-refractivity contribution in [3.05, 3.63) is 63.6 Å². The summed E-state index contributed by atoms with van der Waals surface area (Å²) in [5, 5.41) is 3.62. The summed E-state index contributed by atoms with van der Waals surface area (Å²) < 4.78 is 5.72. The van der Waals surface area contributed by atoms with Gasteiger partial charge in [0.05, 0.1) is 0 Å². The Morgan fingerprint density at radius 2 is 1.65 bits per heavy atom. The standard InChI is InChI=1S/C24H30Cl2N2O3/c1-6-27-23(30)16(2)28(14-19-20(25)8-7-9-21(19)26)22(29)15-31-18-12-10-17(11-13-18)24(3,4)5/h7-13,16H,6,14-15H2,1-5H3,(H,27,30)/t16-/m1/s1. The van der Waals surface area contributed by atoms with E-state index in [0.717, 1.165) is 0 Å². The molecule has 0 unspecified atom stereocenters. The number of carbonyl (C=O) groups excluding carboxylic acids is 2. The lowest BCUT2D eigenvalue weighted by molar-refractivity contribution is -0.142. The Balaban J connectivity index is 2.18. The van der Waals surface area contributed by atoms with Gasteiger partial charge in [-0.2, -0.15) is 0 Å². The summed E-state index contributed by atoms with van der Waals surface area (Å²) >= 11 is 12.6. The molecule has 1 atom stereocenters. The minimum absolute atomic E-state index is 0.0292. The van der Waals surface area contributed by atoms with Crippen LogP contribution in [0.1, 0.15) is 45.7 Å². The molecule has 2 rings (SSSR count). The number of hydrogen-bond acceptors (Lipinski definition) is 3. The van der Waals surface area contributed by atoms with Gasteiger partial charge in [0.2, 0.25) is 5.91 Å². The quantitative estimate of drug-likeness (QED) is 0.582. The zero-order valence-corrected chi connectivity index (χ0v) is 20.2. The molecule has 168 valence electrons. The summed E-state index contributed by atoms with van der Waals surface area (Å²) in [7, 11) is 0. The van der Waals surface area contributed by atoms with Gasteiger partial charge in [0, 0.05) is 28.7 Å². The van der Waals surface area contributed by atoms with Gasteiger partial charge in [-0.3, -0.25) is 9.59 Å². The molecule has 2 amide bonds. The molecule has 5 nitrogen and oxygen atoms in total. The van der Waals surface area contributed by atoms with Crippen molar-refractivity contribution in [2.24, 2.45) is 0 Å². The van der Waals surface area contributed by atoms with Crippen LogP contribution < -0.4 is 10.1 Å². The van der Waals surface area contributed by atoms with Crippen molar-refractivity contribution in [2.45, 2.75) is 52.6 Å². The smallest absolute Gasteiger partial charge is 0.261 e. The van der Waals surface area contributed by atoms with Gasteiger partial charge >= 0.3 is 0 Å². The number of nitrogens with zero attached hydrogens (tertiary/aromatic N) is 1. The Morgan fingerprint density at radius 3 is 2.16 bits per heavy atom. The molecule has 0 bridgehead atoms. The van der Waals surface area contributed by atoms with E-state index in [4.69, 9.17) is 27.9 Å². The molecule has 0 saturated heterocycles. The highest BCUT2D eigenvalue weighted by Gasteiger charge is 2.27. The molecule has 0 aliphatic rings. The summed E-state index contributed by atoms with van der Waals surface area (Å²) in [6.45, 7) is 10.3. The molecular weight excluding hydrogens is 435 g/mol. The first-order chi connectivity index (χ1) is 14.5. The molecule has 0 heterocycles. The van der Waals surface area contributed by atoms with Crippen LogP contribution in [0.4, 0.5) is 0 Å². The fraction of sp³-hybridized carbons (Fsp3) is 0.417. The summed E-state index contributed by atoms with van der Waals surface area (Å²) in [4.78, 5) is 26.9. The van der Waals surface area contributed by atoms with Crippen LogP contribution in [0.2, 0.25) is 10.0 Å². The van der Waals surface area contributed by atoms with Gasteiger partial charge in [0.25, 0.3) is 5.91 Å². The van der Waals surface area contributed by atoms with Crippen LogP contribution in [0, 0.1) is 0 Å². The van der Waals surface area contributed by atoms with E-state index in [9.17, 15) is 9.59 Å². The Kier molecular flexibility index (Phi) is 8.78. The number of rotatable bonds is 8. The SMILES string of the molecule is CCNC(=O)[C@@H](C)N(Cc1c(Cl)cccc1Cl)C(=O)COc1ccc(C(C)(C)C)cc1. The molecule has 0 saturated carbocycles. The third-order valence-corrected chi connectivity index (χ3v) is 5.70. The van der Waals surface area contributed by atoms with E-state index in [2.05, 4.69) is 26.1 Å². The van der Waals surface area contributed by atoms with Crippen LogP contribution in [0.3, 0.4) is 0 Å². The molecule has 31 heavy (non-hydrogen) atoms. The molecule has 0 radical (unpaired) electrons. The van der Waals surface area contributed by atoms with Crippen molar-refractivity contribution in [2.75, 3.05) is 13.2 Å². The lowest BCUT2D eigenvalue weighted by Gasteiger charge is -2.29.